The number of nitrogens with zero attached hydrogens (tertiary/aromatic N) is 2. The van der Waals surface area contributed by atoms with Crippen molar-refractivity contribution in [3.8, 4) is 0 Å². The van der Waals surface area contributed by atoms with Gasteiger partial charge in [0.05, 0.1) is 5.41 Å². The van der Waals surface area contributed by atoms with Gasteiger partial charge in [0.15, 0.2) is 0 Å². The van der Waals surface area contributed by atoms with Gasteiger partial charge in [0.2, 0.25) is 5.91 Å². The van der Waals surface area contributed by atoms with Crippen LogP contribution in [0.3, 0.4) is 0 Å². The van der Waals surface area contributed by atoms with Gasteiger partial charge in [-0.1, -0.05) is 0 Å². The third-order valence-electron chi connectivity index (χ3n) is 4.16. The standard InChI is InChI=1S/C15H24N2OS/c1-5-17(6-2)14(18)15(12-7-8-19-11-12)9-13(15)10-16(3)4/h7-8,11,13H,5-6,9-10H2,1-4H3/t13-,15+/m0/s1. The Kier molecular flexibility index (Phi) is 4.31. The summed E-state index contributed by atoms with van der Waals surface area (Å²) < 4.78 is 0. The van der Waals surface area contributed by atoms with Crippen LogP contribution in [-0.2, 0) is 10.2 Å². The molecule has 1 fully saturated rings. The summed E-state index contributed by atoms with van der Waals surface area (Å²) in [6.07, 6.45) is 0.997. The lowest BCUT2D eigenvalue weighted by Crippen LogP contribution is -2.41. The molecular formula is C15H24N2OS. The fourth-order valence-electron chi connectivity index (χ4n) is 3.04. The summed E-state index contributed by atoms with van der Waals surface area (Å²) in [6.45, 7) is 6.72. The van der Waals surface area contributed by atoms with E-state index in [2.05, 4.69) is 49.7 Å². The Balaban J connectivity index is 2.25. The molecule has 2 atom stereocenters. The van der Waals surface area contributed by atoms with E-state index in [0.717, 1.165) is 26.1 Å². The number of likely N-dealkylation sites (N-methyl/N-ethyl adjacent to an activating group) is 1. The van der Waals surface area contributed by atoms with E-state index in [-0.39, 0.29) is 5.41 Å². The van der Waals surface area contributed by atoms with Crippen molar-refractivity contribution in [1.29, 1.82) is 0 Å². The average Bonchev–Trinajstić information content (AvgIpc) is 2.85. The van der Waals surface area contributed by atoms with Crippen LogP contribution in [0.25, 0.3) is 0 Å². The fourth-order valence-corrected chi connectivity index (χ4v) is 3.78. The molecule has 1 aliphatic rings. The molecule has 1 amide bonds. The Hall–Kier alpha value is -0.870. The molecule has 1 aromatic heterocycles. The molecule has 0 unspecified atom stereocenters. The van der Waals surface area contributed by atoms with Crippen molar-refractivity contribution >= 4 is 17.2 Å². The van der Waals surface area contributed by atoms with Gasteiger partial charge in [-0.25, -0.2) is 0 Å². The molecule has 1 aliphatic carbocycles. The lowest BCUT2D eigenvalue weighted by molar-refractivity contribution is -0.134. The molecule has 0 saturated heterocycles. The zero-order valence-corrected chi connectivity index (χ0v) is 13.2. The quantitative estimate of drug-likeness (QED) is 0.799. The van der Waals surface area contributed by atoms with Crippen LogP contribution in [0.2, 0.25) is 0 Å². The van der Waals surface area contributed by atoms with Crippen LogP contribution >= 0.6 is 11.3 Å². The number of hydrogen-bond donors (Lipinski definition) is 0. The molecule has 0 N–H and O–H groups in total. The largest absolute Gasteiger partial charge is 0.342 e. The minimum absolute atomic E-state index is 0.240. The molecule has 106 valence electrons. The van der Waals surface area contributed by atoms with E-state index < -0.39 is 0 Å². The molecule has 1 aromatic rings. The molecule has 1 saturated carbocycles. The average molecular weight is 280 g/mol. The summed E-state index contributed by atoms with van der Waals surface area (Å²) in [5.74, 6) is 0.785. The number of thiophene rings is 1. The first-order valence-corrected chi connectivity index (χ1v) is 7.97. The Morgan fingerprint density at radius 2 is 2.11 bits per heavy atom. The van der Waals surface area contributed by atoms with Gasteiger partial charge in [-0.05, 0) is 62.7 Å². The second kappa shape index (κ2) is 5.63. The highest BCUT2D eigenvalue weighted by Crippen LogP contribution is 2.56. The normalized spacial score (nSPS) is 25.6. The minimum Gasteiger partial charge on any atom is -0.342 e. The van der Waals surface area contributed by atoms with Crippen LogP contribution in [0.5, 0.6) is 0 Å². The highest BCUT2D eigenvalue weighted by molar-refractivity contribution is 7.08. The van der Waals surface area contributed by atoms with E-state index in [4.69, 9.17) is 0 Å². The number of rotatable bonds is 6. The summed E-state index contributed by atoms with van der Waals surface area (Å²) in [5, 5.41) is 4.23. The summed E-state index contributed by atoms with van der Waals surface area (Å²) in [7, 11) is 4.16. The van der Waals surface area contributed by atoms with Gasteiger partial charge in [0.25, 0.3) is 0 Å². The summed E-state index contributed by atoms with van der Waals surface area (Å²) in [5.41, 5.74) is 0.984. The number of carbonyl (C=O) groups excluding carboxylic acids is 1. The van der Waals surface area contributed by atoms with E-state index >= 15 is 0 Å². The first-order valence-electron chi connectivity index (χ1n) is 7.03. The lowest BCUT2D eigenvalue weighted by atomic mass is 9.93. The topological polar surface area (TPSA) is 23.6 Å². The van der Waals surface area contributed by atoms with Crippen LogP contribution < -0.4 is 0 Å². The zero-order chi connectivity index (χ0) is 14.0. The Morgan fingerprint density at radius 3 is 2.58 bits per heavy atom. The van der Waals surface area contributed by atoms with Gasteiger partial charge in [-0.15, -0.1) is 0 Å². The van der Waals surface area contributed by atoms with Crippen molar-refractivity contribution in [1.82, 2.24) is 9.80 Å². The lowest BCUT2D eigenvalue weighted by Gasteiger charge is -2.26. The second-order valence-corrected chi connectivity index (χ2v) is 6.40. The van der Waals surface area contributed by atoms with Crippen LogP contribution in [0.15, 0.2) is 16.8 Å². The smallest absolute Gasteiger partial charge is 0.233 e. The van der Waals surface area contributed by atoms with E-state index in [1.165, 1.54) is 5.56 Å². The van der Waals surface area contributed by atoms with Gasteiger partial charge in [-0.3, -0.25) is 4.79 Å². The first kappa shape index (κ1) is 14.5. The maximum absolute atomic E-state index is 12.9. The molecule has 0 radical (unpaired) electrons. The van der Waals surface area contributed by atoms with Gasteiger partial charge < -0.3 is 9.80 Å². The van der Waals surface area contributed by atoms with Crippen molar-refractivity contribution < 1.29 is 4.79 Å². The zero-order valence-electron chi connectivity index (χ0n) is 12.3. The monoisotopic (exact) mass is 280 g/mol. The van der Waals surface area contributed by atoms with Crippen LogP contribution in [0, 0.1) is 5.92 Å². The molecule has 0 aliphatic heterocycles. The van der Waals surface area contributed by atoms with Crippen LogP contribution in [-0.4, -0.2) is 49.4 Å². The van der Waals surface area contributed by atoms with Crippen LogP contribution in [0.4, 0.5) is 0 Å². The predicted molar refractivity (Wildman–Crippen MR) is 80.6 cm³/mol. The predicted octanol–water partition coefficient (Wildman–Crippen LogP) is 2.44. The molecular weight excluding hydrogens is 256 g/mol. The van der Waals surface area contributed by atoms with E-state index in [1.54, 1.807) is 11.3 Å². The first-order chi connectivity index (χ1) is 9.06. The minimum atomic E-state index is -0.240. The molecule has 0 aromatic carbocycles. The highest BCUT2D eigenvalue weighted by atomic mass is 32.1. The van der Waals surface area contributed by atoms with Gasteiger partial charge >= 0.3 is 0 Å². The van der Waals surface area contributed by atoms with Crippen molar-refractivity contribution in [2.45, 2.75) is 25.7 Å². The SMILES string of the molecule is CCN(CC)C(=O)[C@@]1(c2ccsc2)C[C@H]1CN(C)C. The second-order valence-electron chi connectivity index (χ2n) is 5.62. The number of amides is 1. The molecule has 0 spiro atoms. The van der Waals surface area contributed by atoms with Crippen molar-refractivity contribution in [3.05, 3.63) is 22.4 Å². The summed E-state index contributed by atoms with van der Waals surface area (Å²) in [6, 6.07) is 2.13. The fraction of sp³-hybridized carbons (Fsp3) is 0.667. The maximum atomic E-state index is 12.9. The molecule has 1 heterocycles. The Labute approximate surface area is 120 Å². The number of carbonyl (C=O) groups is 1. The third kappa shape index (κ3) is 2.56. The summed E-state index contributed by atoms with van der Waals surface area (Å²) in [4.78, 5) is 17.1. The molecule has 2 rings (SSSR count). The third-order valence-corrected chi connectivity index (χ3v) is 4.84. The van der Waals surface area contributed by atoms with Gasteiger partial charge in [-0.2, -0.15) is 11.3 Å². The van der Waals surface area contributed by atoms with E-state index in [1.807, 2.05) is 4.90 Å². The number of hydrogen-bond acceptors (Lipinski definition) is 3. The van der Waals surface area contributed by atoms with Gasteiger partial charge in [0, 0.05) is 19.6 Å². The molecule has 19 heavy (non-hydrogen) atoms. The van der Waals surface area contributed by atoms with Crippen LogP contribution in [0.1, 0.15) is 25.8 Å². The van der Waals surface area contributed by atoms with Gasteiger partial charge in [0.1, 0.15) is 0 Å². The van der Waals surface area contributed by atoms with Crippen molar-refractivity contribution in [2.24, 2.45) is 5.92 Å². The van der Waals surface area contributed by atoms with E-state index in [0.29, 0.717) is 11.8 Å². The molecule has 4 heteroatoms. The maximum Gasteiger partial charge on any atom is 0.233 e. The molecule has 0 bridgehead atoms. The van der Waals surface area contributed by atoms with Crippen molar-refractivity contribution in [2.75, 3.05) is 33.7 Å². The Bertz CT molecular complexity index is 425. The van der Waals surface area contributed by atoms with Crippen molar-refractivity contribution in [3.63, 3.8) is 0 Å². The highest BCUT2D eigenvalue weighted by Gasteiger charge is 2.61. The molecule has 3 nitrogen and oxygen atoms in total. The summed E-state index contributed by atoms with van der Waals surface area (Å²) >= 11 is 1.69. The Morgan fingerprint density at radius 1 is 1.42 bits per heavy atom. The van der Waals surface area contributed by atoms with E-state index in [9.17, 15) is 4.79 Å².